The van der Waals surface area contributed by atoms with E-state index in [1.54, 1.807) is 18.3 Å². The molecule has 24 heavy (non-hydrogen) atoms. The molecule has 0 radical (unpaired) electrons. The summed E-state index contributed by atoms with van der Waals surface area (Å²) in [5.41, 5.74) is 2.25. The fourth-order valence-electron chi connectivity index (χ4n) is 2.78. The Kier molecular flexibility index (Phi) is 4.81. The third kappa shape index (κ3) is 3.41. The highest BCUT2D eigenvalue weighted by Crippen LogP contribution is 2.26. The molecular formula is C17H18ClN5O. The van der Waals surface area contributed by atoms with Gasteiger partial charge in [-0.3, -0.25) is 0 Å². The molecule has 0 aromatic carbocycles. The molecule has 1 saturated heterocycles. The van der Waals surface area contributed by atoms with Crippen molar-refractivity contribution in [2.75, 3.05) is 18.0 Å². The first-order valence-electron chi connectivity index (χ1n) is 7.85. The van der Waals surface area contributed by atoms with E-state index in [-0.39, 0.29) is 6.10 Å². The molecule has 124 valence electrons. The maximum Gasteiger partial charge on any atom is 0.213 e. The van der Waals surface area contributed by atoms with Crippen LogP contribution in [0.1, 0.15) is 29.7 Å². The van der Waals surface area contributed by atoms with E-state index in [4.69, 9.17) is 16.3 Å². The molecule has 1 aliphatic rings. The summed E-state index contributed by atoms with van der Waals surface area (Å²) in [6.07, 6.45) is 3.45. The van der Waals surface area contributed by atoms with Gasteiger partial charge in [0.25, 0.3) is 0 Å². The smallest absolute Gasteiger partial charge is 0.213 e. The molecular weight excluding hydrogens is 326 g/mol. The molecule has 1 unspecified atom stereocenters. The molecule has 0 aliphatic carbocycles. The Morgan fingerprint density at radius 3 is 2.88 bits per heavy atom. The van der Waals surface area contributed by atoms with Crippen molar-refractivity contribution in [1.29, 1.82) is 5.26 Å². The first-order chi connectivity index (χ1) is 11.6. The van der Waals surface area contributed by atoms with E-state index in [1.807, 2.05) is 13.8 Å². The van der Waals surface area contributed by atoms with E-state index >= 15 is 0 Å². The molecule has 1 atom stereocenters. The molecule has 3 heterocycles. The van der Waals surface area contributed by atoms with Crippen LogP contribution in [0.5, 0.6) is 5.88 Å². The first-order valence-corrected chi connectivity index (χ1v) is 8.23. The molecule has 2 aromatic rings. The van der Waals surface area contributed by atoms with Gasteiger partial charge in [-0.1, -0.05) is 11.6 Å². The van der Waals surface area contributed by atoms with Gasteiger partial charge < -0.3 is 9.64 Å². The first kappa shape index (κ1) is 16.5. The van der Waals surface area contributed by atoms with Crippen LogP contribution in [0.4, 0.5) is 5.82 Å². The van der Waals surface area contributed by atoms with Crippen LogP contribution < -0.4 is 9.64 Å². The number of nitrogens with zero attached hydrogens (tertiary/aromatic N) is 5. The second kappa shape index (κ2) is 7.02. The maximum absolute atomic E-state index is 9.48. The van der Waals surface area contributed by atoms with E-state index in [9.17, 15) is 5.26 Å². The largest absolute Gasteiger partial charge is 0.472 e. The van der Waals surface area contributed by atoms with E-state index < -0.39 is 0 Å². The Bertz CT molecular complexity index is 772. The number of pyridine rings is 1. The zero-order valence-corrected chi connectivity index (χ0v) is 14.4. The Balaban J connectivity index is 1.78. The van der Waals surface area contributed by atoms with Gasteiger partial charge in [0.1, 0.15) is 17.7 Å². The predicted octanol–water partition coefficient (Wildman–Crippen LogP) is 3.06. The number of aryl methyl sites for hydroxylation is 1. The summed E-state index contributed by atoms with van der Waals surface area (Å²) in [7, 11) is 0. The van der Waals surface area contributed by atoms with Gasteiger partial charge in [0, 0.05) is 18.8 Å². The minimum Gasteiger partial charge on any atom is -0.472 e. The highest BCUT2D eigenvalue weighted by Gasteiger charge is 2.25. The van der Waals surface area contributed by atoms with Gasteiger partial charge in [-0.05, 0) is 38.3 Å². The third-order valence-corrected chi connectivity index (χ3v) is 4.44. The molecule has 3 rings (SSSR count). The average Bonchev–Trinajstić information content (AvgIpc) is 2.59. The van der Waals surface area contributed by atoms with Gasteiger partial charge >= 0.3 is 0 Å². The molecule has 1 aliphatic heterocycles. The van der Waals surface area contributed by atoms with Crippen molar-refractivity contribution in [3.8, 4) is 11.9 Å². The SMILES string of the molecule is Cc1nnc(N2CCCC(Oc3ccc(Cl)cn3)C2)c(C#N)c1C. The van der Waals surface area contributed by atoms with Crippen LogP contribution in [0, 0.1) is 25.2 Å². The van der Waals surface area contributed by atoms with E-state index in [0.717, 1.165) is 30.6 Å². The fourth-order valence-corrected chi connectivity index (χ4v) is 2.89. The number of rotatable bonds is 3. The molecule has 6 nitrogen and oxygen atoms in total. The van der Waals surface area contributed by atoms with Crippen LogP contribution >= 0.6 is 11.6 Å². The van der Waals surface area contributed by atoms with E-state index in [2.05, 4.69) is 26.2 Å². The number of nitriles is 1. The lowest BCUT2D eigenvalue weighted by atomic mass is 10.1. The van der Waals surface area contributed by atoms with Crippen LogP contribution in [0.25, 0.3) is 0 Å². The second-order valence-corrected chi connectivity index (χ2v) is 6.30. The van der Waals surface area contributed by atoms with Crippen molar-refractivity contribution in [2.45, 2.75) is 32.8 Å². The minimum atomic E-state index is -0.0117. The summed E-state index contributed by atoms with van der Waals surface area (Å²) in [5.74, 6) is 1.19. The average molecular weight is 344 g/mol. The van der Waals surface area contributed by atoms with Gasteiger partial charge in [0.15, 0.2) is 5.82 Å². The van der Waals surface area contributed by atoms with E-state index in [1.165, 1.54) is 0 Å². The fraction of sp³-hybridized carbons (Fsp3) is 0.412. The van der Waals surface area contributed by atoms with Crippen LogP contribution in [0.2, 0.25) is 5.02 Å². The molecule has 0 spiro atoms. The number of piperidine rings is 1. The number of halogens is 1. The summed E-state index contributed by atoms with van der Waals surface area (Å²) in [4.78, 5) is 6.25. The lowest BCUT2D eigenvalue weighted by Crippen LogP contribution is -2.42. The summed E-state index contributed by atoms with van der Waals surface area (Å²) < 4.78 is 5.95. The summed E-state index contributed by atoms with van der Waals surface area (Å²) in [6.45, 7) is 5.25. The lowest BCUT2D eigenvalue weighted by Gasteiger charge is -2.33. The highest BCUT2D eigenvalue weighted by atomic mass is 35.5. The topological polar surface area (TPSA) is 74.9 Å². The molecule has 0 amide bonds. The van der Waals surface area contributed by atoms with Crippen molar-refractivity contribution in [1.82, 2.24) is 15.2 Å². The van der Waals surface area contributed by atoms with Gasteiger partial charge in [-0.2, -0.15) is 10.4 Å². The molecule has 0 saturated carbocycles. The van der Waals surface area contributed by atoms with Crippen LogP contribution in [-0.2, 0) is 0 Å². The van der Waals surface area contributed by atoms with Crippen molar-refractivity contribution in [2.24, 2.45) is 0 Å². The molecule has 2 aromatic heterocycles. The van der Waals surface area contributed by atoms with Crippen molar-refractivity contribution >= 4 is 17.4 Å². The number of anilines is 1. The molecule has 0 bridgehead atoms. The predicted molar refractivity (Wildman–Crippen MR) is 91.3 cm³/mol. The van der Waals surface area contributed by atoms with Gasteiger partial charge in [0.2, 0.25) is 5.88 Å². The summed E-state index contributed by atoms with van der Waals surface area (Å²) in [5, 5.41) is 18.5. The maximum atomic E-state index is 9.48. The molecule has 7 heteroatoms. The normalized spacial score (nSPS) is 17.4. The zero-order chi connectivity index (χ0) is 17.1. The Morgan fingerprint density at radius 1 is 1.33 bits per heavy atom. The minimum absolute atomic E-state index is 0.0117. The van der Waals surface area contributed by atoms with Crippen molar-refractivity contribution in [3.63, 3.8) is 0 Å². The summed E-state index contributed by atoms with van der Waals surface area (Å²) >= 11 is 5.85. The monoisotopic (exact) mass is 343 g/mol. The highest BCUT2D eigenvalue weighted by molar-refractivity contribution is 6.30. The Morgan fingerprint density at radius 2 is 2.17 bits per heavy atom. The quantitative estimate of drug-likeness (QED) is 0.852. The van der Waals surface area contributed by atoms with E-state index in [0.29, 0.717) is 28.8 Å². The van der Waals surface area contributed by atoms with Gasteiger partial charge in [-0.25, -0.2) is 4.98 Å². The summed E-state index contributed by atoms with van der Waals surface area (Å²) in [6, 6.07) is 5.78. The zero-order valence-electron chi connectivity index (χ0n) is 13.7. The molecule has 1 fully saturated rings. The number of ether oxygens (including phenoxy) is 1. The third-order valence-electron chi connectivity index (χ3n) is 4.21. The van der Waals surface area contributed by atoms with Crippen molar-refractivity contribution < 1.29 is 4.74 Å². The lowest BCUT2D eigenvalue weighted by molar-refractivity contribution is 0.172. The number of hydrogen-bond donors (Lipinski definition) is 0. The number of hydrogen-bond acceptors (Lipinski definition) is 6. The molecule has 0 N–H and O–H groups in total. The van der Waals surface area contributed by atoms with Crippen LogP contribution in [0.15, 0.2) is 18.3 Å². The van der Waals surface area contributed by atoms with Gasteiger partial charge in [0.05, 0.1) is 17.3 Å². The Labute approximate surface area is 146 Å². The van der Waals surface area contributed by atoms with Crippen LogP contribution in [-0.4, -0.2) is 34.4 Å². The second-order valence-electron chi connectivity index (χ2n) is 5.86. The number of aromatic nitrogens is 3. The van der Waals surface area contributed by atoms with Crippen LogP contribution in [0.3, 0.4) is 0 Å². The standard InChI is InChI=1S/C17H18ClN5O/c1-11-12(2)21-22-17(15(11)8-19)23-7-3-4-14(10-23)24-16-6-5-13(18)9-20-16/h5-6,9,14H,3-4,7,10H2,1-2H3. The van der Waals surface area contributed by atoms with Gasteiger partial charge in [-0.15, -0.1) is 5.10 Å². The Hall–Kier alpha value is -2.39. The van der Waals surface area contributed by atoms with Crippen molar-refractivity contribution in [3.05, 3.63) is 40.2 Å².